The van der Waals surface area contributed by atoms with Gasteiger partial charge in [0.05, 0.1) is 20.3 Å². The van der Waals surface area contributed by atoms with Gasteiger partial charge < -0.3 is 9.64 Å². The zero-order chi connectivity index (χ0) is 14.8. The lowest BCUT2D eigenvalue weighted by atomic mass is 9.99. The van der Waals surface area contributed by atoms with Gasteiger partial charge in [0.2, 0.25) is 0 Å². The number of hydrogen-bond donors (Lipinski definition) is 0. The summed E-state index contributed by atoms with van der Waals surface area (Å²) in [5.74, 6) is 0. The first kappa shape index (κ1) is 13.6. The number of carbonyl (C=O) groups is 1. The number of ether oxygens (including phenoxy) is 1. The summed E-state index contributed by atoms with van der Waals surface area (Å²) in [5, 5.41) is 1.41. The number of urea groups is 1. The van der Waals surface area contributed by atoms with E-state index in [1.165, 1.54) is 12.2 Å². The number of carbonyl (C=O) groups excluding carboxylic acids is 1. The Labute approximate surface area is 122 Å². The quantitative estimate of drug-likeness (QED) is 0.759. The molecule has 1 saturated heterocycles. The molecule has 7 nitrogen and oxygen atoms in total. The molecule has 2 aliphatic rings. The lowest BCUT2D eigenvalue weighted by Crippen LogP contribution is -2.34. The molecular formula is C14H16N4O3. The fraction of sp³-hybridized carbons (Fsp3) is 0.357. The Morgan fingerprint density at radius 3 is 2.90 bits per heavy atom. The lowest BCUT2D eigenvalue weighted by molar-refractivity contribution is -0.105. The smallest absolute Gasteiger partial charge is 0.344 e. The van der Waals surface area contributed by atoms with Gasteiger partial charge in [-0.25, -0.2) is 14.8 Å². The SMILES string of the molecule is C=CCON1C(=O)N2CC=C(c3cnc(OC)nc3)C1C2. The number of methoxy groups -OCH3 is 1. The third kappa shape index (κ3) is 2.36. The second-order valence-corrected chi connectivity index (χ2v) is 4.73. The fourth-order valence-corrected chi connectivity index (χ4v) is 2.51. The van der Waals surface area contributed by atoms with Gasteiger partial charge in [-0.1, -0.05) is 12.2 Å². The molecule has 0 spiro atoms. The third-order valence-corrected chi connectivity index (χ3v) is 3.50. The molecule has 110 valence electrons. The van der Waals surface area contributed by atoms with Crippen molar-refractivity contribution in [1.82, 2.24) is 19.9 Å². The van der Waals surface area contributed by atoms with Crippen LogP contribution in [0.3, 0.4) is 0 Å². The Bertz CT molecular complexity index is 584. The Balaban J connectivity index is 1.86. The van der Waals surface area contributed by atoms with Crippen LogP contribution in [0.1, 0.15) is 5.56 Å². The molecule has 1 fully saturated rings. The van der Waals surface area contributed by atoms with Gasteiger partial charge in [-0.3, -0.25) is 4.84 Å². The number of rotatable bonds is 5. The molecule has 1 aromatic heterocycles. The maximum Gasteiger partial charge on any atom is 0.344 e. The van der Waals surface area contributed by atoms with Gasteiger partial charge in [0, 0.05) is 24.5 Å². The average molecular weight is 288 g/mol. The summed E-state index contributed by atoms with van der Waals surface area (Å²) in [6.45, 7) is 5.06. The number of amides is 2. The van der Waals surface area contributed by atoms with Crippen LogP contribution in [0.15, 0.2) is 31.1 Å². The second kappa shape index (κ2) is 5.53. The van der Waals surface area contributed by atoms with E-state index in [1.54, 1.807) is 23.4 Å². The summed E-state index contributed by atoms with van der Waals surface area (Å²) in [6, 6.07) is 0.0461. The average Bonchev–Trinajstić information content (AvgIpc) is 2.77. The highest BCUT2D eigenvalue weighted by Gasteiger charge is 2.43. The Morgan fingerprint density at radius 1 is 1.48 bits per heavy atom. The highest BCUT2D eigenvalue weighted by atomic mass is 16.7. The van der Waals surface area contributed by atoms with E-state index >= 15 is 0 Å². The molecule has 3 heterocycles. The van der Waals surface area contributed by atoms with Crippen LogP contribution in [-0.4, -0.2) is 58.8 Å². The van der Waals surface area contributed by atoms with Crippen LogP contribution < -0.4 is 4.74 Å². The van der Waals surface area contributed by atoms with Crippen LogP contribution in [0.4, 0.5) is 4.79 Å². The van der Waals surface area contributed by atoms with Crippen molar-refractivity contribution in [3.63, 3.8) is 0 Å². The maximum atomic E-state index is 12.2. The maximum absolute atomic E-state index is 12.2. The Kier molecular flexibility index (Phi) is 3.57. The van der Waals surface area contributed by atoms with Crippen molar-refractivity contribution in [2.24, 2.45) is 0 Å². The number of hydrogen-bond acceptors (Lipinski definition) is 5. The summed E-state index contributed by atoms with van der Waals surface area (Å²) in [6.07, 6.45) is 7.02. The van der Waals surface area contributed by atoms with E-state index in [0.29, 0.717) is 25.7 Å². The first-order valence-corrected chi connectivity index (χ1v) is 6.63. The largest absolute Gasteiger partial charge is 0.467 e. The molecule has 2 aliphatic heterocycles. The van der Waals surface area contributed by atoms with Crippen LogP contribution >= 0.6 is 0 Å². The minimum absolute atomic E-state index is 0.123. The van der Waals surface area contributed by atoms with Crippen molar-refractivity contribution in [3.05, 3.63) is 36.7 Å². The summed E-state index contributed by atoms with van der Waals surface area (Å²) in [7, 11) is 1.52. The van der Waals surface area contributed by atoms with Crippen molar-refractivity contribution in [3.8, 4) is 6.01 Å². The van der Waals surface area contributed by atoms with Crippen LogP contribution in [0, 0.1) is 0 Å². The minimum Gasteiger partial charge on any atom is -0.467 e. The number of aromatic nitrogens is 2. The normalized spacial score (nSPS) is 20.5. The summed E-state index contributed by atoms with van der Waals surface area (Å²) < 4.78 is 4.96. The van der Waals surface area contributed by atoms with Gasteiger partial charge in [0.1, 0.15) is 6.04 Å². The van der Waals surface area contributed by atoms with E-state index in [9.17, 15) is 4.79 Å². The van der Waals surface area contributed by atoms with Gasteiger partial charge in [-0.15, -0.1) is 6.58 Å². The molecule has 3 rings (SSSR count). The standard InChI is InChI=1S/C14H16N4O3/c1-3-6-21-18-12-9-17(14(18)19)5-4-11(12)10-7-15-13(20-2)16-8-10/h3-4,7-8,12H,1,5-6,9H2,2H3. The number of hydroxylamine groups is 2. The zero-order valence-corrected chi connectivity index (χ0v) is 11.7. The van der Waals surface area contributed by atoms with Gasteiger partial charge in [0.15, 0.2) is 0 Å². The zero-order valence-electron chi connectivity index (χ0n) is 11.7. The van der Waals surface area contributed by atoms with E-state index in [0.717, 1.165) is 11.1 Å². The van der Waals surface area contributed by atoms with Crippen molar-refractivity contribution < 1.29 is 14.4 Å². The van der Waals surface area contributed by atoms with Crippen molar-refractivity contribution in [2.45, 2.75) is 6.04 Å². The predicted octanol–water partition coefficient (Wildman–Crippen LogP) is 1.11. The van der Waals surface area contributed by atoms with Gasteiger partial charge in [-0.2, -0.15) is 5.06 Å². The van der Waals surface area contributed by atoms with Crippen LogP contribution in [0.2, 0.25) is 0 Å². The van der Waals surface area contributed by atoms with Crippen LogP contribution in [0.25, 0.3) is 5.57 Å². The van der Waals surface area contributed by atoms with Crippen molar-refractivity contribution in [1.29, 1.82) is 0 Å². The topological polar surface area (TPSA) is 67.8 Å². The van der Waals surface area contributed by atoms with E-state index < -0.39 is 0 Å². The van der Waals surface area contributed by atoms with Crippen LogP contribution in [-0.2, 0) is 4.84 Å². The number of fused-ring (bicyclic) bond motifs is 2. The minimum atomic E-state index is -0.150. The van der Waals surface area contributed by atoms with Gasteiger partial charge in [0.25, 0.3) is 0 Å². The van der Waals surface area contributed by atoms with Crippen LogP contribution in [0.5, 0.6) is 6.01 Å². The molecule has 21 heavy (non-hydrogen) atoms. The Hall–Kier alpha value is -2.41. The van der Waals surface area contributed by atoms with E-state index in [1.807, 2.05) is 6.08 Å². The highest BCUT2D eigenvalue weighted by molar-refractivity contribution is 5.84. The molecule has 1 atom stereocenters. The summed E-state index contributed by atoms with van der Waals surface area (Å²) in [5.41, 5.74) is 1.85. The van der Waals surface area contributed by atoms with Crippen molar-refractivity contribution in [2.75, 3.05) is 26.8 Å². The Morgan fingerprint density at radius 2 is 2.24 bits per heavy atom. The summed E-state index contributed by atoms with van der Waals surface area (Å²) in [4.78, 5) is 27.6. The van der Waals surface area contributed by atoms with E-state index in [-0.39, 0.29) is 12.1 Å². The van der Waals surface area contributed by atoms with E-state index in [2.05, 4.69) is 16.5 Å². The lowest BCUT2D eigenvalue weighted by Gasteiger charge is -2.24. The van der Waals surface area contributed by atoms with Gasteiger partial charge in [-0.05, 0) is 5.57 Å². The van der Waals surface area contributed by atoms with E-state index in [4.69, 9.17) is 9.57 Å². The molecule has 0 aliphatic carbocycles. The number of nitrogens with zero attached hydrogens (tertiary/aromatic N) is 4. The first-order valence-electron chi connectivity index (χ1n) is 6.63. The molecular weight excluding hydrogens is 272 g/mol. The van der Waals surface area contributed by atoms with Crippen molar-refractivity contribution >= 4 is 11.6 Å². The fourth-order valence-electron chi connectivity index (χ4n) is 2.51. The monoisotopic (exact) mass is 288 g/mol. The first-order chi connectivity index (χ1) is 10.2. The molecule has 7 heteroatoms. The molecule has 2 bridgehead atoms. The molecule has 0 saturated carbocycles. The summed E-state index contributed by atoms with van der Waals surface area (Å²) >= 11 is 0. The van der Waals surface area contributed by atoms with Gasteiger partial charge >= 0.3 is 12.0 Å². The second-order valence-electron chi connectivity index (χ2n) is 4.73. The molecule has 1 unspecified atom stereocenters. The molecule has 0 N–H and O–H groups in total. The molecule has 0 aromatic carbocycles. The predicted molar refractivity (Wildman–Crippen MR) is 75.3 cm³/mol. The molecule has 1 aromatic rings. The highest BCUT2D eigenvalue weighted by Crippen LogP contribution is 2.32. The molecule has 0 radical (unpaired) electrons. The molecule has 2 amide bonds. The third-order valence-electron chi connectivity index (χ3n) is 3.50.